The standard InChI is InChI=1S/C20H24N2O3S/c1-4-13-21-20(24)17-7-5-6-8-18(17)22-19(23)14(2)26-16-11-9-15(25-3)10-12-16/h5-12,14H,4,13H2,1-3H3,(H,21,24)(H,22,23)/t14-/m1/s1. The second-order valence-corrected chi connectivity index (χ2v) is 7.14. The number of benzene rings is 2. The predicted octanol–water partition coefficient (Wildman–Crippen LogP) is 3.95. The van der Waals surface area contributed by atoms with Crippen LogP contribution in [0.4, 0.5) is 5.69 Å². The molecule has 0 bridgehead atoms. The quantitative estimate of drug-likeness (QED) is 0.689. The summed E-state index contributed by atoms with van der Waals surface area (Å²) in [6.07, 6.45) is 0.857. The van der Waals surface area contributed by atoms with Gasteiger partial charge in [0.05, 0.1) is 23.6 Å². The summed E-state index contributed by atoms with van der Waals surface area (Å²) in [7, 11) is 1.62. The monoisotopic (exact) mass is 372 g/mol. The lowest BCUT2D eigenvalue weighted by molar-refractivity contribution is -0.115. The topological polar surface area (TPSA) is 67.4 Å². The molecule has 2 aromatic rings. The van der Waals surface area contributed by atoms with Crippen molar-refractivity contribution in [3.63, 3.8) is 0 Å². The van der Waals surface area contributed by atoms with Gasteiger partial charge in [0.1, 0.15) is 5.75 Å². The van der Waals surface area contributed by atoms with Gasteiger partial charge in [-0.25, -0.2) is 0 Å². The molecule has 2 N–H and O–H groups in total. The molecule has 0 saturated heterocycles. The molecule has 2 aromatic carbocycles. The lowest BCUT2D eigenvalue weighted by Crippen LogP contribution is -2.27. The first-order valence-electron chi connectivity index (χ1n) is 8.54. The van der Waals surface area contributed by atoms with Crippen molar-refractivity contribution in [2.45, 2.75) is 30.4 Å². The fourth-order valence-corrected chi connectivity index (χ4v) is 3.14. The Bertz CT molecular complexity index is 747. The minimum atomic E-state index is -0.310. The summed E-state index contributed by atoms with van der Waals surface area (Å²) in [5, 5.41) is 5.39. The van der Waals surface area contributed by atoms with Gasteiger partial charge >= 0.3 is 0 Å². The number of thioether (sulfide) groups is 1. The average molecular weight is 372 g/mol. The summed E-state index contributed by atoms with van der Waals surface area (Å²) < 4.78 is 5.14. The number of nitrogens with one attached hydrogen (secondary N) is 2. The van der Waals surface area contributed by atoms with Crippen LogP contribution in [0.25, 0.3) is 0 Å². The molecule has 0 aliphatic rings. The number of ether oxygens (including phenoxy) is 1. The molecule has 0 unspecified atom stereocenters. The van der Waals surface area contributed by atoms with E-state index in [1.165, 1.54) is 11.8 Å². The van der Waals surface area contributed by atoms with Crippen LogP contribution in [0.1, 0.15) is 30.6 Å². The van der Waals surface area contributed by atoms with E-state index in [4.69, 9.17) is 4.74 Å². The molecular weight excluding hydrogens is 348 g/mol. The van der Waals surface area contributed by atoms with Gasteiger partial charge in [-0.1, -0.05) is 19.1 Å². The van der Waals surface area contributed by atoms with Gasteiger partial charge in [0.25, 0.3) is 5.91 Å². The fraction of sp³-hybridized carbons (Fsp3) is 0.300. The second-order valence-electron chi connectivity index (χ2n) is 5.73. The Kier molecular flexibility index (Phi) is 7.53. The van der Waals surface area contributed by atoms with Crippen molar-refractivity contribution in [2.24, 2.45) is 0 Å². The van der Waals surface area contributed by atoms with Crippen LogP contribution in [0, 0.1) is 0 Å². The smallest absolute Gasteiger partial charge is 0.253 e. The fourth-order valence-electron chi connectivity index (χ4n) is 2.27. The van der Waals surface area contributed by atoms with Crippen molar-refractivity contribution in [1.29, 1.82) is 0 Å². The third kappa shape index (κ3) is 5.52. The summed E-state index contributed by atoms with van der Waals surface area (Å²) in [6.45, 7) is 4.43. The van der Waals surface area contributed by atoms with Crippen LogP contribution in [-0.4, -0.2) is 30.7 Å². The summed E-state index contributed by atoms with van der Waals surface area (Å²) in [5.74, 6) is 0.443. The molecule has 26 heavy (non-hydrogen) atoms. The largest absolute Gasteiger partial charge is 0.497 e. The van der Waals surface area contributed by atoms with Crippen LogP contribution >= 0.6 is 11.8 Å². The van der Waals surface area contributed by atoms with Gasteiger partial charge in [0, 0.05) is 11.4 Å². The van der Waals surface area contributed by atoms with E-state index in [0.717, 1.165) is 17.1 Å². The third-order valence-electron chi connectivity index (χ3n) is 3.71. The number of para-hydroxylation sites is 1. The molecule has 5 nitrogen and oxygen atoms in total. The molecule has 0 fully saturated rings. The molecule has 0 heterocycles. The van der Waals surface area contributed by atoms with Gasteiger partial charge in [0.15, 0.2) is 0 Å². The lowest BCUT2D eigenvalue weighted by Gasteiger charge is -2.15. The van der Waals surface area contributed by atoms with Gasteiger partial charge in [-0.15, -0.1) is 11.8 Å². The van der Waals surface area contributed by atoms with Crippen molar-refractivity contribution >= 4 is 29.3 Å². The Morgan fingerprint density at radius 2 is 1.81 bits per heavy atom. The minimum absolute atomic E-state index is 0.151. The van der Waals surface area contributed by atoms with E-state index in [0.29, 0.717) is 17.8 Å². The zero-order valence-corrected chi connectivity index (χ0v) is 16.1. The van der Waals surface area contributed by atoms with Crippen LogP contribution < -0.4 is 15.4 Å². The molecule has 2 amide bonds. The van der Waals surface area contributed by atoms with Crippen molar-refractivity contribution in [3.8, 4) is 5.75 Å². The number of rotatable bonds is 8. The molecule has 6 heteroatoms. The van der Waals surface area contributed by atoms with Crippen molar-refractivity contribution in [3.05, 3.63) is 54.1 Å². The highest BCUT2D eigenvalue weighted by atomic mass is 32.2. The summed E-state index contributed by atoms with van der Waals surface area (Å²) >= 11 is 1.45. The van der Waals surface area contributed by atoms with Crippen LogP contribution in [-0.2, 0) is 4.79 Å². The normalized spacial score (nSPS) is 11.5. The molecule has 1 atom stereocenters. The van der Waals surface area contributed by atoms with Gasteiger partial charge in [0.2, 0.25) is 5.91 Å². The first-order valence-corrected chi connectivity index (χ1v) is 9.42. The summed E-state index contributed by atoms with van der Waals surface area (Å²) in [6, 6.07) is 14.6. The number of carbonyl (C=O) groups excluding carboxylic acids is 2. The first kappa shape index (κ1) is 19.8. The van der Waals surface area contributed by atoms with E-state index < -0.39 is 0 Å². The molecule has 0 spiro atoms. The van der Waals surface area contributed by atoms with Crippen LogP contribution in [0.3, 0.4) is 0 Å². The SMILES string of the molecule is CCCNC(=O)c1ccccc1NC(=O)[C@@H](C)Sc1ccc(OC)cc1. The average Bonchev–Trinajstić information content (AvgIpc) is 2.67. The first-order chi connectivity index (χ1) is 12.5. The molecule has 0 aliphatic heterocycles. The van der Waals surface area contributed by atoms with E-state index in [1.54, 1.807) is 31.4 Å². The lowest BCUT2D eigenvalue weighted by atomic mass is 10.1. The third-order valence-corrected chi connectivity index (χ3v) is 4.82. The Balaban J connectivity index is 2.03. The molecule has 0 radical (unpaired) electrons. The molecule has 138 valence electrons. The Hall–Kier alpha value is -2.47. The number of carbonyl (C=O) groups is 2. The highest BCUT2D eigenvalue weighted by Gasteiger charge is 2.18. The van der Waals surface area contributed by atoms with Crippen molar-refractivity contribution < 1.29 is 14.3 Å². The number of anilines is 1. The summed E-state index contributed by atoms with van der Waals surface area (Å²) in [5.41, 5.74) is 0.990. The minimum Gasteiger partial charge on any atom is -0.497 e. The number of methoxy groups -OCH3 is 1. The number of hydrogen-bond acceptors (Lipinski definition) is 4. The maximum absolute atomic E-state index is 12.5. The molecule has 2 rings (SSSR count). The highest BCUT2D eigenvalue weighted by molar-refractivity contribution is 8.00. The molecule has 0 aromatic heterocycles. The van der Waals surface area contributed by atoms with E-state index in [2.05, 4.69) is 10.6 Å². The van der Waals surface area contributed by atoms with Crippen LogP contribution in [0.2, 0.25) is 0 Å². The molecule has 0 saturated carbocycles. The van der Waals surface area contributed by atoms with Gasteiger partial charge in [-0.05, 0) is 49.7 Å². The number of amides is 2. The van der Waals surface area contributed by atoms with Gasteiger partial charge < -0.3 is 15.4 Å². The predicted molar refractivity (Wildman–Crippen MR) is 106 cm³/mol. The zero-order chi connectivity index (χ0) is 18.9. The van der Waals surface area contributed by atoms with Gasteiger partial charge in [-0.3, -0.25) is 9.59 Å². The van der Waals surface area contributed by atoms with E-state index >= 15 is 0 Å². The van der Waals surface area contributed by atoms with E-state index in [-0.39, 0.29) is 17.1 Å². The van der Waals surface area contributed by atoms with Gasteiger partial charge in [-0.2, -0.15) is 0 Å². The second kappa shape index (κ2) is 9.87. The number of hydrogen-bond donors (Lipinski definition) is 2. The highest BCUT2D eigenvalue weighted by Crippen LogP contribution is 2.26. The van der Waals surface area contributed by atoms with E-state index in [1.807, 2.05) is 38.1 Å². The van der Waals surface area contributed by atoms with E-state index in [9.17, 15) is 9.59 Å². The Morgan fingerprint density at radius 1 is 1.12 bits per heavy atom. The Morgan fingerprint density at radius 3 is 2.46 bits per heavy atom. The van der Waals surface area contributed by atoms with Crippen LogP contribution in [0.15, 0.2) is 53.4 Å². The van der Waals surface area contributed by atoms with Crippen molar-refractivity contribution in [2.75, 3.05) is 19.0 Å². The molecule has 0 aliphatic carbocycles. The Labute approximate surface area is 158 Å². The maximum Gasteiger partial charge on any atom is 0.253 e. The van der Waals surface area contributed by atoms with Crippen molar-refractivity contribution in [1.82, 2.24) is 5.32 Å². The maximum atomic E-state index is 12.5. The summed E-state index contributed by atoms with van der Waals surface area (Å²) in [4.78, 5) is 25.8. The zero-order valence-electron chi connectivity index (χ0n) is 15.2. The van der Waals surface area contributed by atoms with Crippen LogP contribution in [0.5, 0.6) is 5.75 Å². The molecular formula is C20H24N2O3S.